The minimum absolute atomic E-state index is 0.349. The number of carbonyl (C=O) groups is 1. The monoisotopic (exact) mass is 317 g/mol. The van der Waals surface area contributed by atoms with E-state index in [-0.39, 0.29) is 0 Å². The van der Waals surface area contributed by atoms with Crippen molar-refractivity contribution < 1.29 is 9.90 Å². The molecule has 0 heterocycles. The van der Waals surface area contributed by atoms with Crippen molar-refractivity contribution in [2.45, 2.75) is 39.2 Å². The highest BCUT2D eigenvalue weighted by atomic mass is 35.5. The van der Waals surface area contributed by atoms with Gasteiger partial charge in [-0.2, -0.15) is 0 Å². The fourth-order valence-corrected chi connectivity index (χ4v) is 2.64. The Bertz CT molecular complexity index is 429. The summed E-state index contributed by atoms with van der Waals surface area (Å²) < 4.78 is 0. The van der Waals surface area contributed by atoms with E-state index in [1.165, 1.54) is 0 Å². The van der Waals surface area contributed by atoms with E-state index in [9.17, 15) is 4.79 Å². The summed E-state index contributed by atoms with van der Waals surface area (Å²) >= 11 is 12.2. The second-order valence-corrected chi connectivity index (χ2v) is 6.09. The first-order chi connectivity index (χ1) is 9.41. The fraction of sp³-hybridized carbons (Fsp3) is 0.533. The third-order valence-electron chi connectivity index (χ3n) is 3.06. The lowest BCUT2D eigenvalue weighted by Crippen LogP contribution is -2.38. The third kappa shape index (κ3) is 5.70. The smallest absolute Gasteiger partial charge is 0.320 e. The van der Waals surface area contributed by atoms with Crippen molar-refractivity contribution >= 4 is 29.2 Å². The van der Waals surface area contributed by atoms with Gasteiger partial charge in [0.2, 0.25) is 0 Å². The fourth-order valence-electron chi connectivity index (χ4n) is 2.06. The van der Waals surface area contributed by atoms with Crippen molar-refractivity contribution in [1.82, 2.24) is 5.32 Å². The summed E-state index contributed by atoms with van der Waals surface area (Å²) in [4.78, 5) is 11.1. The maximum atomic E-state index is 11.1. The molecule has 0 bridgehead atoms. The molecule has 0 aliphatic carbocycles. The molecule has 1 aromatic carbocycles. The van der Waals surface area contributed by atoms with Gasteiger partial charge in [-0.25, -0.2) is 0 Å². The Morgan fingerprint density at radius 2 is 1.90 bits per heavy atom. The van der Waals surface area contributed by atoms with Crippen LogP contribution in [0.3, 0.4) is 0 Å². The van der Waals surface area contributed by atoms with Crippen molar-refractivity contribution in [3.05, 3.63) is 33.8 Å². The summed E-state index contributed by atoms with van der Waals surface area (Å²) in [5.41, 5.74) is 0.924. The number of halogens is 2. The Labute approximate surface area is 130 Å². The minimum Gasteiger partial charge on any atom is -0.480 e. The van der Waals surface area contributed by atoms with Gasteiger partial charge < -0.3 is 10.4 Å². The largest absolute Gasteiger partial charge is 0.480 e. The molecule has 0 fully saturated rings. The van der Waals surface area contributed by atoms with Gasteiger partial charge in [0.15, 0.2) is 0 Å². The lowest BCUT2D eigenvalue weighted by molar-refractivity contribution is -0.139. The van der Waals surface area contributed by atoms with Crippen molar-refractivity contribution in [3.63, 3.8) is 0 Å². The zero-order valence-corrected chi connectivity index (χ0v) is 13.3. The highest BCUT2D eigenvalue weighted by Gasteiger charge is 2.17. The highest BCUT2D eigenvalue weighted by Crippen LogP contribution is 2.25. The molecule has 0 spiro atoms. The van der Waals surface area contributed by atoms with Gasteiger partial charge in [0.05, 0.1) is 0 Å². The van der Waals surface area contributed by atoms with Crippen molar-refractivity contribution in [2.24, 2.45) is 5.92 Å². The number of carboxylic acids is 1. The molecule has 0 aliphatic rings. The number of carboxylic acid groups (broad SMARTS) is 1. The summed E-state index contributed by atoms with van der Waals surface area (Å²) in [5, 5.41) is 13.5. The average molecular weight is 318 g/mol. The standard InChI is InChI=1S/C15H21Cl2NO2/c1-10(2)9-14(15(19)20)18-8-4-5-11-12(16)6-3-7-13(11)17/h3,6-7,10,14,18H,4-5,8-9H2,1-2H3,(H,19,20). The zero-order chi connectivity index (χ0) is 15.1. The van der Waals surface area contributed by atoms with E-state index in [0.29, 0.717) is 28.9 Å². The van der Waals surface area contributed by atoms with E-state index in [1.54, 1.807) is 0 Å². The molecule has 5 heteroatoms. The molecule has 0 radical (unpaired) electrons. The maximum Gasteiger partial charge on any atom is 0.320 e. The minimum atomic E-state index is -0.797. The van der Waals surface area contributed by atoms with Crippen molar-refractivity contribution in [2.75, 3.05) is 6.54 Å². The molecule has 1 unspecified atom stereocenters. The summed E-state index contributed by atoms with van der Waals surface area (Å²) in [6.07, 6.45) is 2.16. The molecule has 0 saturated heterocycles. The highest BCUT2D eigenvalue weighted by molar-refractivity contribution is 6.35. The number of benzene rings is 1. The van der Waals surface area contributed by atoms with Crippen molar-refractivity contribution in [3.8, 4) is 0 Å². The molecule has 1 rings (SSSR count). The molecule has 0 amide bonds. The lowest BCUT2D eigenvalue weighted by Gasteiger charge is -2.16. The van der Waals surface area contributed by atoms with Gasteiger partial charge in [-0.1, -0.05) is 43.1 Å². The number of rotatable bonds is 8. The molecule has 0 saturated carbocycles. The number of hydrogen-bond donors (Lipinski definition) is 2. The van der Waals surface area contributed by atoms with Gasteiger partial charge in [0.1, 0.15) is 6.04 Å². The molecule has 112 valence electrons. The second kappa shape index (κ2) is 8.50. The average Bonchev–Trinajstić information content (AvgIpc) is 2.35. The lowest BCUT2D eigenvalue weighted by atomic mass is 10.0. The molecule has 1 atom stereocenters. The van der Waals surface area contributed by atoms with Crippen LogP contribution >= 0.6 is 23.2 Å². The summed E-state index contributed by atoms with van der Waals surface area (Å²) in [5.74, 6) is -0.448. The molecular formula is C15H21Cl2NO2. The van der Waals surface area contributed by atoms with Crippen LogP contribution in [0.2, 0.25) is 10.0 Å². The first-order valence-corrected chi connectivity index (χ1v) is 7.56. The van der Waals surface area contributed by atoms with Crippen LogP contribution in [-0.2, 0) is 11.2 Å². The molecule has 1 aromatic rings. The first kappa shape index (κ1) is 17.3. The van der Waals surface area contributed by atoms with Gasteiger partial charge >= 0.3 is 5.97 Å². The van der Waals surface area contributed by atoms with Crippen LogP contribution in [0.5, 0.6) is 0 Å². The summed E-state index contributed by atoms with van der Waals surface area (Å²) in [6.45, 7) is 4.66. The van der Waals surface area contributed by atoms with Gasteiger partial charge in [0.25, 0.3) is 0 Å². The van der Waals surface area contributed by atoms with E-state index >= 15 is 0 Å². The number of nitrogens with one attached hydrogen (secondary N) is 1. The van der Waals surface area contributed by atoms with E-state index in [2.05, 4.69) is 5.32 Å². The van der Waals surface area contributed by atoms with Gasteiger partial charge in [-0.3, -0.25) is 4.79 Å². The third-order valence-corrected chi connectivity index (χ3v) is 3.77. The molecule has 20 heavy (non-hydrogen) atoms. The van der Waals surface area contributed by atoms with E-state index in [0.717, 1.165) is 18.4 Å². The quantitative estimate of drug-likeness (QED) is 0.712. The topological polar surface area (TPSA) is 49.3 Å². The summed E-state index contributed by atoms with van der Waals surface area (Å²) in [6, 6.07) is 4.95. The predicted molar refractivity (Wildman–Crippen MR) is 83.7 cm³/mol. The van der Waals surface area contributed by atoms with Crippen LogP contribution < -0.4 is 5.32 Å². The number of aliphatic carboxylic acids is 1. The SMILES string of the molecule is CC(C)CC(NCCCc1c(Cl)cccc1Cl)C(=O)O. The molecule has 0 aliphatic heterocycles. The van der Waals surface area contributed by atoms with E-state index in [4.69, 9.17) is 28.3 Å². The van der Waals surface area contributed by atoms with Crippen LogP contribution in [0.15, 0.2) is 18.2 Å². The van der Waals surface area contributed by atoms with Gasteiger partial charge in [0, 0.05) is 10.0 Å². The Hall–Kier alpha value is -0.770. The Morgan fingerprint density at radius 1 is 1.30 bits per heavy atom. The van der Waals surface area contributed by atoms with Crippen LogP contribution in [0.25, 0.3) is 0 Å². The molecule has 2 N–H and O–H groups in total. The van der Waals surface area contributed by atoms with Crippen LogP contribution in [0, 0.1) is 5.92 Å². The zero-order valence-electron chi connectivity index (χ0n) is 11.8. The second-order valence-electron chi connectivity index (χ2n) is 5.28. The van der Waals surface area contributed by atoms with E-state index < -0.39 is 12.0 Å². The van der Waals surface area contributed by atoms with Crippen LogP contribution in [0.1, 0.15) is 32.3 Å². The van der Waals surface area contributed by atoms with Gasteiger partial charge in [-0.15, -0.1) is 0 Å². The summed E-state index contributed by atoms with van der Waals surface area (Å²) in [7, 11) is 0. The first-order valence-electron chi connectivity index (χ1n) is 6.81. The maximum absolute atomic E-state index is 11.1. The normalized spacial score (nSPS) is 12.7. The van der Waals surface area contributed by atoms with Crippen molar-refractivity contribution in [1.29, 1.82) is 0 Å². The predicted octanol–water partition coefficient (Wildman–Crippen LogP) is 4.01. The van der Waals surface area contributed by atoms with E-state index in [1.807, 2.05) is 32.0 Å². The Balaban J connectivity index is 2.42. The van der Waals surface area contributed by atoms with Gasteiger partial charge in [-0.05, 0) is 49.4 Å². The molecule has 0 aromatic heterocycles. The number of hydrogen-bond acceptors (Lipinski definition) is 2. The van der Waals surface area contributed by atoms with Crippen LogP contribution in [0.4, 0.5) is 0 Å². The molecular weight excluding hydrogens is 297 g/mol. The Kier molecular flexibility index (Phi) is 7.35. The Morgan fingerprint density at radius 3 is 2.40 bits per heavy atom. The van der Waals surface area contributed by atoms with Crippen LogP contribution in [-0.4, -0.2) is 23.7 Å². The molecule has 3 nitrogen and oxygen atoms in total.